The number of benzene rings is 1. The number of fused-ring (bicyclic) bond motifs is 1. The van der Waals surface area contributed by atoms with E-state index in [1.165, 1.54) is 0 Å². The number of carbonyl (C=O) groups is 2. The van der Waals surface area contributed by atoms with Crippen molar-refractivity contribution in [3.05, 3.63) is 41.4 Å². The van der Waals surface area contributed by atoms with Crippen LogP contribution in [-0.4, -0.2) is 43.5 Å². The zero-order chi connectivity index (χ0) is 20.5. The van der Waals surface area contributed by atoms with Gasteiger partial charge in [0.1, 0.15) is 18.5 Å². The third-order valence-corrected chi connectivity index (χ3v) is 3.79. The van der Waals surface area contributed by atoms with Gasteiger partial charge < -0.3 is 15.8 Å². The number of primary amides is 1. The molecule has 2 heterocycles. The molecule has 146 valence electrons. The highest BCUT2D eigenvalue weighted by molar-refractivity contribution is 6.28. The van der Waals surface area contributed by atoms with Gasteiger partial charge in [0.15, 0.2) is 17.0 Å². The van der Waals surface area contributed by atoms with Crippen molar-refractivity contribution in [2.45, 2.75) is 26.4 Å². The van der Waals surface area contributed by atoms with Gasteiger partial charge in [0.25, 0.3) is 0 Å². The summed E-state index contributed by atoms with van der Waals surface area (Å²) in [7, 11) is 0. The molecule has 9 nitrogen and oxygen atoms in total. The molecule has 3 rings (SSSR count). The van der Waals surface area contributed by atoms with E-state index in [0.717, 1.165) is 0 Å². The molecule has 0 saturated carbocycles. The largest absolute Gasteiger partial charge is 0.459 e. The van der Waals surface area contributed by atoms with Crippen molar-refractivity contribution in [2.24, 2.45) is 5.73 Å². The molecule has 0 bridgehead atoms. The van der Waals surface area contributed by atoms with Crippen molar-refractivity contribution >= 4 is 40.5 Å². The van der Waals surface area contributed by atoms with Crippen LogP contribution in [-0.2, 0) is 9.53 Å². The van der Waals surface area contributed by atoms with E-state index < -0.39 is 17.5 Å². The average molecular weight is 403 g/mol. The number of nitrogens with one attached hydrogen (secondary N) is 1. The first-order valence-corrected chi connectivity index (χ1v) is 8.78. The van der Waals surface area contributed by atoms with Crippen LogP contribution in [0.2, 0.25) is 5.28 Å². The number of hydrogen-bond donors (Lipinski definition) is 2. The smallest absolute Gasteiger partial charge is 0.325 e. The van der Waals surface area contributed by atoms with E-state index >= 15 is 0 Å². The monoisotopic (exact) mass is 402 g/mol. The van der Waals surface area contributed by atoms with Gasteiger partial charge in [-0.15, -0.1) is 0 Å². The van der Waals surface area contributed by atoms with Gasteiger partial charge in [0.2, 0.25) is 11.2 Å². The maximum absolute atomic E-state index is 11.9. The summed E-state index contributed by atoms with van der Waals surface area (Å²) in [6.07, 6.45) is 1.55. The van der Waals surface area contributed by atoms with Gasteiger partial charge in [-0.25, -0.2) is 4.98 Å². The Morgan fingerprint density at radius 2 is 1.89 bits per heavy atom. The van der Waals surface area contributed by atoms with E-state index in [-0.39, 0.29) is 11.8 Å². The van der Waals surface area contributed by atoms with Crippen molar-refractivity contribution in [3.63, 3.8) is 0 Å². The van der Waals surface area contributed by atoms with Crippen LogP contribution in [0.25, 0.3) is 16.9 Å². The lowest BCUT2D eigenvalue weighted by Crippen LogP contribution is -2.28. The topological polar surface area (TPSA) is 125 Å². The number of nitrogens with two attached hydrogens (primary N) is 1. The second kappa shape index (κ2) is 7.43. The normalized spacial score (nSPS) is 11.4. The Labute approximate surface area is 165 Å². The van der Waals surface area contributed by atoms with Crippen LogP contribution in [0.4, 0.5) is 5.82 Å². The van der Waals surface area contributed by atoms with E-state index in [1.807, 2.05) is 0 Å². The number of imidazole rings is 1. The van der Waals surface area contributed by atoms with E-state index in [1.54, 1.807) is 55.9 Å². The number of anilines is 1. The number of hydrogen-bond acceptors (Lipinski definition) is 7. The quantitative estimate of drug-likeness (QED) is 0.495. The SMILES string of the molecule is CC(C)(C)OC(=O)CNc1nc(Cl)nc2c1ncn2-c1ccc(C(N)=O)cc1. The number of nitrogens with zero attached hydrogens (tertiary/aromatic N) is 4. The fourth-order valence-electron chi connectivity index (χ4n) is 2.51. The summed E-state index contributed by atoms with van der Waals surface area (Å²) in [6, 6.07) is 6.64. The zero-order valence-corrected chi connectivity index (χ0v) is 16.3. The molecular weight excluding hydrogens is 384 g/mol. The second-order valence-corrected chi connectivity index (χ2v) is 7.32. The Hall–Kier alpha value is -3.20. The number of halogens is 1. The first-order chi connectivity index (χ1) is 13.1. The number of amides is 1. The highest BCUT2D eigenvalue weighted by atomic mass is 35.5. The third-order valence-electron chi connectivity index (χ3n) is 3.62. The van der Waals surface area contributed by atoms with Crippen LogP contribution < -0.4 is 11.1 Å². The molecule has 0 unspecified atom stereocenters. The van der Waals surface area contributed by atoms with Gasteiger partial charge in [-0.05, 0) is 56.6 Å². The summed E-state index contributed by atoms with van der Waals surface area (Å²) in [5, 5.41) is 2.89. The van der Waals surface area contributed by atoms with Crippen molar-refractivity contribution in [1.29, 1.82) is 0 Å². The van der Waals surface area contributed by atoms with Gasteiger partial charge in [0.05, 0.1) is 0 Å². The predicted molar refractivity (Wildman–Crippen MR) is 105 cm³/mol. The molecule has 0 fully saturated rings. The van der Waals surface area contributed by atoms with Gasteiger partial charge in [0, 0.05) is 11.3 Å². The minimum Gasteiger partial charge on any atom is -0.459 e. The van der Waals surface area contributed by atoms with Gasteiger partial charge in [-0.3, -0.25) is 14.2 Å². The highest BCUT2D eigenvalue weighted by Gasteiger charge is 2.18. The van der Waals surface area contributed by atoms with Crippen LogP contribution in [0.15, 0.2) is 30.6 Å². The molecule has 2 aromatic heterocycles. The van der Waals surface area contributed by atoms with E-state index in [4.69, 9.17) is 22.1 Å². The summed E-state index contributed by atoms with van der Waals surface area (Å²) in [5.41, 5.74) is 6.66. The molecule has 3 aromatic rings. The van der Waals surface area contributed by atoms with Crippen LogP contribution in [0, 0.1) is 0 Å². The Morgan fingerprint density at radius 3 is 2.50 bits per heavy atom. The first-order valence-electron chi connectivity index (χ1n) is 8.40. The van der Waals surface area contributed by atoms with Crippen molar-refractivity contribution in [2.75, 3.05) is 11.9 Å². The van der Waals surface area contributed by atoms with Crippen molar-refractivity contribution in [3.8, 4) is 5.69 Å². The Kier molecular flexibility index (Phi) is 5.19. The molecular formula is C18H19ClN6O3. The Bertz CT molecular complexity index is 1040. The fourth-order valence-corrected chi connectivity index (χ4v) is 2.67. The maximum Gasteiger partial charge on any atom is 0.325 e. The van der Waals surface area contributed by atoms with E-state index in [2.05, 4.69) is 20.3 Å². The van der Waals surface area contributed by atoms with Gasteiger partial charge >= 0.3 is 5.97 Å². The molecule has 0 saturated heterocycles. The predicted octanol–water partition coefficient (Wildman–Crippen LogP) is 2.32. The number of carbonyl (C=O) groups excluding carboxylic acids is 2. The minimum absolute atomic E-state index is 0.00491. The van der Waals surface area contributed by atoms with Crippen LogP contribution in [0.3, 0.4) is 0 Å². The van der Waals surface area contributed by atoms with Crippen LogP contribution >= 0.6 is 11.6 Å². The highest BCUT2D eigenvalue weighted by Crippen LogP contribution is 2.23. The van der Waals surface area contributed by atoms with E-state index in [0.29, 0.717) is 28.2 Å². The number of aromatic nitrogens is 4. The fraction of sp³-hybridized carbons (Fsp3) is 0.278. The molecule has 0 aliphatic rings. The third kappa shape index (κ3) is 4.37. The molecule has 0 radical (unpaired) electrons. The lowest BCUT2D eigenvalue weighted by molar-refractivity contribution is -0.152. The standard InChI is InChI=1S/C18H19ClN6O3/c1-18(2,3)28-12(26)8-21-15-13-16(24-17(19)23-15)25(9-22-13)11-6-4-10(5-7-11)14(20)27/h4-7,9H,8H2,1-3H3,(H2,20,27)(H,21,23,24). The molecule has 10 heteroatoms. The lowest BCUT2D eigenvalue weighted by Gasteiger charge is -2.19. The number of esters is 1. The molecule has 0 atom stereocenters. The number of rotatable bonds is 5. The molecule has 0 spiro atoms. The Morgan fingerprint density at radius 1 is 1.21 bits per heavy atom. The lowest BCUT2D eigenvalue weighted by atomic mass is 10.2. The summed E-state index contributed by atoms with van der Waals surface area (Å²) < 4.78 is 6.95. The van der Waals surface area contributed by atoms with Crippen LogP contribution in [0.5, 0.6) is 0 Å². The number of ether oxygens (including phenoxy) is 1. The molecule has 28 heavy (non-hydrogen) atoms. The van der Waals surface area contributed by atoms with Gasteiger partial charge in [-0.1, -0.05) is 0 Å². The maximum atomic E-state index is 11.9. The molecule has 3 N–H and O–H groups in total. The second-order valence-electron chi connectivity index (χ2n) is 6.98. The first kappa shape index (κ1) is 19.6. The van der Waals surface area contributed by atoms with Crippen molar-refractivity contribution in [1.82, 2.24) is 19.5 Å². The summed E-state index contributed by atoms with van der Waals surface area (Å²) >= 11 is 6.05. The molecule has 1 aromatic carbocycles. The molecule has 0 aliphatic carbocycles. The minimum atomic E-state index is -0.587. The van der Waals surface area contributed by atoms with Crippen LogP contribution in [0.1, 0.15) is 31.1 Å². The summed E-state index contributed by atoms with van der Waals surface area (Å²) in [4.78, 5) is 35.8. The van der Waals surface area contributed by atoms with Crippen molar-refractivity contribution < 1.29 is 14.3 Å². The summed E-state index contributed by atoms with van der Waals surface area (Å²) in [6.45, 7) is 5.27. The molecule has 0 aliphatic heterocycles. The zero-order valence-electron chi connectivity index (χ0n) is 15.6. The van der Waals surface area contributed by atoms with Gasteiger partial charge in [-0.2, -0.15) is 9.97 Å². The van der Waals surface area contributed by atoms with E-state index in [9.17, 15) is 9.59 Å². The Balaban J connectivity index is 1.90. The average Bonchev–Trinajstić information content (AvgIpc) is 3.02. The molecule has 1 amide bonds. The summed E-state index contributed by atoms with van der Waals surface area (Å²) in [5.74, 6) is -0.633.